The molecule has 0 aliphatic carbocycles. The highest BCUT2D eigenvalue weighted by molar-refractivity contribution is 5.73. The lowest BCUT2D eigenvalue weighted by atomic mass is 9.95. The molecule has 0 aromatic heterocycles. The first-order valence-electron chi connectivity index (χ1n) is 7.66. The maximum Gasteiger partial charge on any atom is 0.335 e. The van der Waals surface area contributed by atoms with Crippen molar-refractivity contribution in [1.29, 1.82) is 0 Å². The van der Waals surface area contributed by atoms with E-state index in [4.69, 9.17) is 19.3 Å². The molecule has 26 heavy (non-hydrogen) atoms. The van der Waals surface area contributed by atoms with Crippen molar-refractivity contribution in [3.8, 4) is 0 Å². The molecule has 0 unspecified atom stereocenters. The largest absolute Gasteiger partial charge is 0.479 e. The minimum Gasteiger partial charge on any atom is -0.479 e. The molecule has 2 aliphatic rings. The summed E-state index contributed by atoms with van der Waals surface area (Å²) in [6, 6.07) is 0. The fraction of sp³-hybridized carbons (Fsp3) is 0.923. The average molecular weight is 386 g/mol. The van der Waals surface area contributed by atoms with Gasteiger partial charge in [0, 0.05) is 0 Å². The van der Waals surface area contributed by atoms with Crippen LogP contribution in [0.1, 0.15) is 0 Å². The lowest BCUT2D eigenvalue weighted by Gasteiger charge is -2.44. The molecule has 0 amide bonds. The highest BCUT2D eigenvalue weighted by Gasteiger charge is 2.51. The zero-order chi connectivity index (χ0) is 19.8. The van der Waals surface area contributed by atoms with Crippen molar-refractivity contribution in [3.05, 3.63) is 0 Å². The van der Waals surface area contributed by atoms with Crippen molar-refractivity contribution >= 4 is 5.97 Å². The zero-order valence-electron chi connectivity index (χ0n) is 13.2. The lowest BCUT2D eigenvalue weighted by molar-refractivity contribution is -0.341. The van der Waals surface area contributed by atoms with E-state index in [9.17, 15) is 45.6 Å². The molecule has 0 aromatic rings. The van der Waals surface area contributed by atoms with Crippen LogP contribution in [0, 0.1) is 0 Å². The molecule has 2 fully saturated rings. The van der Waals surface area contributed by atoms with Gasteiger partial charge in [-0.1, -0.05) is 0 Å². The topological polar surface area (TPSA) is 227 Å². The summed E-state index contributed by atoms with van der Waals surface area (Å²) in [7, 11) is 0. The van der Waals surface area contributed by atoms with Crippen LogP contribution < -0.4 is 0 Å². The van der Waals surface area contributed by atoms with Crippen molar-refractivity contribution in [2.75, 3.05) is 6.61 Å². The number of carboxylic acid groups (broad SMARTS) is 1. The Morgan fingerprint density at radius 2 is 1.42 bits per heavy atom. The van der Waals surface area contributed by atoms with Crippen molar-refractivity contribution < 1.29 is 65.0 Å². The van der Waals surface area contributed by atoms with Gasteiger partial charge in [0.2, 0.25) is 0 Å². The summed E-state index contributed by atoms with van der Waals surface area (Å²) in [4.78, 5) is 11.1. The van der Waals surface area contributed by atoms with E-state index in [1.165, 1.54) is 0 Å². The summed E-state index contributed by atoms with van der Waals surface area (Å²) in [5, 5.41) is 86.2. The number of aliphatic carboxylic acids is 1. The van der Waals surface area contributed by atoms with Crippen LogP contribution in [0.25, 0.3) is 0 Å². The van der Waals surface area contributed by atoms with Gasteiger partial charge >= 0.3 is 5.97 Å². The number of hydrogen-bond donors (Lipinski definition) is 9. The van der Waals surface area contributed by atoms with E-state index < -0.39 is 80.1 Å². The minimum atomic E-state index is -1.95. The summed E-state index contributed by atoms with van der Waals surface area (Å²) in [5.74, 6) is -1.65. The number of ether oxygens (including phenoxy) is 3. The van der Waals surface area contributed by atoms with Crippen LogP contribution >= 0.6 is 0 Å². The molecule has 0 spiro atoms. The van der Waals surface area contributed by atoms with Crippen LogP contribution in [0.3, 0.4) is 0 Å². The summed E-state index contributed by atoms with van der Waals surface area (Å²) in [5.41, 5.74) is 0. The number of rotatable bonds is 5. The van der Waals surface area contributed by atoms with Crippen LogP contribution in [0.4, 0.5) is 0 Å². The second-order valence-electron chi connectivity index (χ2n) is 6.06. The fourth-order valence-electron chi connectivity index (χ4n) is 2.76. The summed E-state index contributed by atoms with van der Waals surface area (Å²) >= 11 is 0. The van der Waals surface area contributed by atoms with Crippen LogP contribution in [-0.4, -0.2) is 126 Å². The van der Waals surface area contributed by atoms with Crippen LogP contribution in [-0.2, 0) is 19.0 Å². The van der Waals surface area contributed by atoms with Crippen molar-refractivity contribution in [1.82, 2.24) is 0 Å². The predicted octanol–water partition coefficient (Wildman–Crippen LogP) is -5.94. The number of aliphatic hydroxyl groups excluding tert-OH is 8. The van der Waals surface area contributed by atoms with E-state index >= 15 is 0 Å². The highest BCUT2D eigenvalue weighted by Crippen LogP contribution is 2.28. The van der Waals surface area contributed by atoms with E-state index in [0.29, 0.717) is 0 Å². The molecule has 11 atom stereocenters. The molecule has 152 valence electrons. The normalized spacial score (nSPS) is 48.2. The quantitative estimate of drug-likeness (QED) is 0.215. The molecule has 0 bridgehead atoms. The third kappa shape index (κ3) is 3.97. The molecule has 2 saturated heterocycles. The molecule has 2 aliphatic heterocycles. The van der Waals surface area contributed by atoms with Crippen LogP contribution in [0.15, 0.2) is 0 Å². The maximum absolute atomic E-state index is 11.1. The monoisotopic (exact) mass is 386 g/mol. The zero-order valence-corrected chi connectivity index (χ0v) is 13.2. The van der Waals surface area contributed by atoms with Crippen LogP contribution in [0.5, 0.6) is 0 Å². The van der Waals surface area contributed by atoms with E-state index in [1.807, 2.05) is 0 Å². The first-order valence-corrected chi connectivity index (χ1v) is 7.66. The highest BCUT2D eigenvalue weighted by atomic mass is 16.7. The Bertz CT molecular complexity index is 489. The Morgan fingerprint density at radius 1 is 0.846 bits per heavy atom. The Hall–Kier alpha value is -0.970. The first-order chi connectivity index (χ1) is 12.1. The van der Waals surface area contributed by atoms with Gasteiger partial charge in [0.25, 0.3) is 0 Å². The molecule has 2 heterocycles. The predicted molar refractivity (Wildman–Crippen MR) is 75.2 cm³/mol. The van der Waals surface area contributed by atoms with Gasteiger partial charge in [0.05, 0.1) is 6.61 Å². The summed E-state index contributed by atoms with van der Waals surface area (Å²) in [6.07, 6.45) is -20.2. The maximum atomic E-state index is 11.1. The van der Waals surface area contributed by atoms with Gasteiger partial charge in [-0.15, -0.1) is 0 Å². The number of hydrogen-bond acceptors (Lipinski definition) is 12. The van der Waals surface area contributed by atoms with Crippen LogP contribution in [0.2, 0.25) is 0 Å². The fourth-order valence-corrected chi connectivity index (χ4v) is 2.76. The second-order valence-corrected chi connectivity index (χ2v) is 6.06. The molecular weight excluding hydrogens is 364 g/mol. The molecule has 13 nitrogen and oxygen atoms in total. The van der Waals surface area contributed by atoms with Gasteiger partial charge in [-0.2, -0.15) is 0 Å². The van der Waals surface area contributed by atoms with Gasteiger partial charge in [-0.25, -0.2) is 4.79 Å². The van der Waals surface area contributed by atoms with Gasteiger partial charge < -0.3 is 60.2 Å². The molecule has 9 N–H and O–H groups in total. The number of aliphatic hydroxyl groups is 8. The molecule has 2 rings (SSSR count). The van der Waals surface area contributed by atoms with E-state index in [-0.39, 0.29) is 0 Å². The average Bonchev–Trinajstić information content (AvgIpc) is 2.60. The third-order valence-corrected chi connectivity index (χ3v) is 4.29. The van der Waals surface area contributed by atoms with Crippen molar-refractivity contribution in [2.45, 2.75) is 67.5 Å². The second kappa shape index (κ2) is 8.37. The van der Waals surface area contributed by atoms with E-state index in [1.54, 1.807) is 0 Å². The summed E-state index contributed by atoms with van der Waals surface area (Å²) in [6.45, 7) is -0.903. The molecule has 0 aromatic carbocycles. The van der Waals surface area contributed by atoms with Gasteiger partial charge in [0.1, 0.15) is 48.8 Å². The molecule has 0 radical (unpaired) electrons. The number of carbonyl (C=O) groups is 1. The first kappa shape index (κ1) is 21.3. The lowest BCUT2D eigenvalue weighted by Crippen LogP contribution is -2.64. The van der Waals surface area contributed by atoms with E-state index in [0.717, 1.165) is 0 Å². The van der Waals surface area contributed by atoms with Gasteiger partial charge in [-0.3, -0.25) is 0 Å². The van der Waals surface area contributed by atoms with E-state index in [2.05, 4.69) is 0 Å². The minimum absolute atomic E-state index is 0.903. The SMILES string of the molecule is O=C(O)[C@H]1O[C@@H](O[C@@H](CO)[C@@H]2O[C@@H](O)[C@H](O)[C@H](O)[C@H]2O)[C@H](O)[C@@H](O)[C@@H]1O. The summed E-state index contributed by atoms with van der Waals surface area (Å²) < 4.78 is 14.9. The Kier molecular flexibility index (Phi) is 6.86. The smallest absolute Gasteiger partial charge is 0.335 e. The Balaban J connectivity index is 2.14. The Labute approximate surface area is 146 Å². The number of carboxylic acids is 1. The van der Waals surface area contributed by atoms with Gasteiger partial charge in [0.15, 0.2) is 18.7 Å². The Morgan fingerprint density at radius 3 is 1.96 bits per heavy atom. The third-order valence-electron chi connectivity index (χ3n) is 4.29. The van der Waals surface area contributed by atoms with Crippen molar-refractivity contribution in [2.24, 2.45) is 0 Å². The molecular formula is C13H22O13. The van der Waals surface area contributed by atoms with Gasteiger partial charge in [-0.05, 0) is 0 Å². The molecule has 0 saturated carbocycles. The standard InChI is InChI=1S/C13H22O13/c14-1-2(9-5(17)3(15)7(19)12(23)25-9)24-13-8(20)4(16)6(18)10(26-13)11(21)22/h2-10,12-20,23H,1H2,(H,21,22)/t2-,3+,4-,5+,6-,7+,8+,9-,10-,12+,13+/m0/s1. The molecule has 13 heteroatoms. The van der Waals surface area contributed by atoms with Crippen molar-refractivity contribution in [3.63, 3.8) is 0 Å².